The largest absolute Gasteiger partial charge is 0.481 e. The van der Waals surface area contributed by atoms with E-state index in [1.165, 1.54) is 5.56 Å². The zero-order valence-corrected chi connectivity index (χ0v) is 16.3. The summed E-state index contributed by atoms with van der Waals surface area (Å²) in [7, 11) is 1.96. The number of carbonyl (C=O) groups excluding carboxylic acids is 1. The van der Waals surface area contributed by atoms with Crippen LogP contribution in [0.1, 0.15) is 39.7 Å². The monoisotopic (exact) mass is 354 g/mol. The molecule has 1 N–H and O–H groups in total. The average Bonchev–Trinajstić information content (AvgIpc) is 2.95. The summed E-state index contributed by atoms with van der Waals surface area (Å²) in [5.41, 5.74) is 1.39. The summed E-state index contributed by atoms with van der Waals surface area (Å²) < 4.78 is 5.84. The van der Waals surface area contributed by atoms with Crippen LogP contribution in [-0.2, 0) is 10.2 Å². The SMILES string of the molecule is CNCC1CCN(C(=O)C(C)Oc2ccc(C(C)(C)C)cc2)C1.Cl. The molecule has 2 rings (SSSR count). The lowest BCUT2D eigenvalue weighted by molar-refractivity contribution is -0.137. The summed E-state index contributed by atoms with van der Waals surface area (Å²) >= 11 is 0. The average molecular weight is 355 g/mol. The molecule has 1 aromatic rings. The first-order valence-electron chi connectivity index (χ1n) is 8.52. The van der Waals surface area contributed by atoms with Crippen molar-refractivity contribution < 1.29 is 9.53 Å². The lowest BCUT2D eigenvalue weighted by atomic mass is 9.87. The fourth-order valence-corrected chi connectivity index (χ4v) is 3.03. The van der Waals surface area contributed by atoms with Crippen molar-refractivity contribution in [2.75, 3.05) is 26.7 Å². The molecule has 0 aliphatic carbocycles. The van der Waals surface area contributed by atoms with Crippen LogP contribution in [0, 0.1) is 5.92 Å². The molecule has 136 valence electrons. The second-order valence-electron chi connectivity index (χ2n) is 7.53. The number of carbonyl (C=O) groups is 1. The summed E-state index contributed by atoms with van der Waals surface area (Å²) in [6, 6.07) is 8.06. The number of hydrogen-bond acceptors (Lipinski definition) is 3. The van der Waals surface area contributed by atoms with Crippen LogP contribution in [-0.4, -0.2) is 43.6 Å². The van der Waals surface area contributed by atoms with E-state index in [0.717, 1.165) is 31.8 Å². The zero-order valence-electron chi connectivity index (χ0n) is 15.5. The van der Waals surface area contributed by atoms with E-state index < -0.39 is 6.10 Å². The van der Waals surface area contributed by atoms with Crippen molar-refractivity contribution in [1.82, 2.24) is 10.2 Å². The van der Waals surface area contributed by atoms with Crippen LogP contribution < -0.4 is 10.1 Å². The summed E-state index contributed by atoms with van der Waals surface area (Å²) in [6.07, 6.45) is 0.628. The smallest absolute Gasteiger partial charge is 0.263 e. The van der Waals surface area contributed by atoms with E-state index in [4.69, 9.17) is 4.74 Å². The molecule has 0 bridgehead atoms. The summed E-state index contributed by atoms with van der Waals surface area (Å²) in [5, 5.41) is 3.19. The van der Waals surface area contributed by atoms with E-state index in [1.54, 1.807) is 0 Å². The fourth-order valence-electron chi connectivity index (χ4n) is 3.03. The molecule has 24 heavy (non-hydrogen) atoms. The molecule has 1 saturated heterocycles. The maximum Gasteiger partial charge on any atom is 0.263 e. The van der Waals surface area contributed by atoms with E-state index >= 15 is 0 Å². The molecule has 1 aromatic carbocycles. The molecule has 0 saturated carbocycles. The molecule has 2 unspecified atom stereocenters. The number of amides is 1. The number of likely N-dealkylation sites (tertiary alicyclic amines) is 1. The maximum absolute atomic E-state index is 12.5. The highest BCUT2D eigenvalue weighted by molar-refractivity contribution is 5.85. The van der Waals surface area contributed by atoms with Crippen LogP contribution in [0.2, 0.25) is 0 Å². The lowest BCUT2D eigenvalue weighted by Gasteiger charge is -2.23. The Labute approximate surface area is 152 Å². The van der Waals surface area contributed by atoms with Gasteiger partial charge in [0.1, 0.15) is 5.75 Å². The molecule has 2 atom stereocenters. The van der Waals surface area contributed by atoms with E-state index in [1.807, 2.05) is 31.0 Å². The summed E-state index contributed by atoms with van der Waals surface area (Å²) in [6.45, 7) is 11.0. The van der Waals surface area contributed by atoms with E-state index in [-0.39, 0.29) is 23.7 Å². The first-order valence-corrected chi connectivity index (χ1v) is 8.52. The van der Waals surface area contributed by atoms with Crippen molar-refractivity contribution in [3.63, 3.8) is 0 Å². The van der Waals surface area contributed by atoms with Gasteiger partial charge in [-0.05, 0) is 56.0 Å². The molecule has 1 amide bonds. The van der Waals surface area contributed by atoms with Crippen molar-refractivity contribution in [3.8, 4) is 5.75 Å². The third kappa shape index (κ3) is 5.38. The Bertz CT molecular complexity index is 525. The fraction of sp³-hybridized carbons (Fsp3) is 0.632. The molecule has 0 radical (unpaired) electrons. The molecule has 1 heterocycles. The minimum atomic E-state index is -0.441. The van der Waals surface area contributed by atoms with Crippen LogP contribution in [0.15, 0.2) is 24.3 Å². The molecule has 1 aliphatic rings. The maximum atomic E-state index is 12.5. The zero-order chi connectivity index (χ0) is 17.0. The Morgan fingerprint density at radius 3 is 2.50 bits per heavy atom. The van der Waals surface area contributed by atoms with Crippen molar-refractivity contribution in [1.29, 1.82) is 0 Å². The highest BCUT2D eigenvalue weighted by atomic mass is 35.5. The molecular weight excluding hydrogens is 324 g/mol. The van der Waals surface area contributed by atoms with Crippen molar-refractivity contribution in [3.05, 3.63) is 29.8 Å². The van der Waals surface area contributed by atoms with E-state index in [0.29, 0.717) is 5.92 Å². The van der Waals surface area contributed by atoms with E-state index in [2.05, 4.69) is 38.2 Å². The number of rotatable bonds is 5. The highest BCUT2D eigenvalue weighted by Crippen LogP contribution is 2.25. The molecule has 1 fully saturated rings. The molecule has 1 aliphatic heterocycles. The van der Waals surface area contributed by atoms with Crippen LogP contribution >= 0.6 is 12.4 Å². The lowest BCUT2D eigenvalue weighted by Crippen LogP contribution is -2.39. The third-order valence-electron chi connectivity index (χ3n) is 4.47. The number of hydrogen-bond donors (Lipinski definition) is 1. The van der Waals surface area contributed by atoms with Gasteiger partial charge in [0, 0.05) is 13.1 Å². The van der Waals surface area contributed by atoms with Crippen molar-refractivity contribution in [2.45, 2.75) is 45.6 Å². The van der Waals surface area contributed by atoms with Crippen molar-refractivity contribution >= 4 is 18.3 Å². The normalized spacial score (nSPS) is 18.9. The summed E-state index contributed by atoms with van der Waals surface area (Å²) in [5.74, 6) is 1.40. The minimum absolute atomic E-state index is 0. The predicted octanol–water partition coefficient (Wildman–Crippen LogP) is 3.24. The Hall–Kier alpha value is -1.26. The van der Waals surface area contributed by atoms with Gasteiger partial charge in [-0.1, -0.05) is 32.9 Å². The Balaban J connectivity index is 0.00000288. The van der Waals surface area contributed by atoms with Gasteiger partial charge in [-0.3, -0.25) is 4.79 Å². The summed E-state index contributed by atoms with van der Waals surface area (Å²) in [4.78, 5) is 14.4. The number of halogens is 1. The molecule has 4 nitrogen and oxygen atoms in total. The topological polar surface area (TPSA) is 41.6 Å². The number of ether oxygens (including phenoxy) is 1. The first-order chi connectivity index (χ1) is 10.8. The van der Waals surface area contributed by atoms with Gasteiger partial charge in [0.2, 0.25) is 0 Å². The van der Waals surface area contributed by atoms with Gasteiger partial charge >= 0.3 is 0 Å². The van der Waals surface area contributed by atoms with Crippen LogP contribution in [0.3, 0.4) is 0 Å². The van der Waals surface area contributed by atoms with Crippen molar-refractivity contribution in [2.24, 2.45) is 5.92 Å². The van der Waals surface area contributed by atoms with Gasteiger partial charge in [0.25, 0.3) is 5.91 Å². The predicted molar refractivity (Wildman–Crippen MR) is 101 cm³/mol. The third-order valence-corrected chi connectivity index (χ3v) is 4.47. The van der Waals surface area contributed by atoms with Gasteiger partial charge < -0.3 is 15.0 Å². The number of nitrogens with one attached hydrogen (secondary N) is 1. The van der Waals surface area contributed by atoms with Crippen LogP contribution in [0.5, 0.6) is 5.75 Å². The van der Waals surface area contributed by atoms with Gasteiger partial charge in [0.15, 0.2) is 6.10 Å². The minimum Gasteiger partial charge on any atom is -0.481 e. The Kier molecular flexibility index (Phi) is 7.56. The van der Waals surface area contributed by atoms with Gasteiger partial charge in [-0.2, -0.15) is 0 Å². The number of nitrogens with zero attached hydrogens (tertiary/aromatic N) is 1. The van der Waals surface area contributed by atoms with Gasteiger partial charge in [0.05, 0.1) is 0 Å². The number of benzene rings is 1. The molecule has 0 aromatic heterocycles. The molecular formula is C19H31ClN2O2. The second kappa shape index (κ2) is 8.72. The second-order valence-corrected chi connectivity index (χ2v) is 7.53. The molecule has 0 spiro atoms. The van der Waals surface area contributed by atoms with Crippen LogP contribution in [0.4, 0.5) is 0 Å². The first kappa shape index (κ1) is 20.8. The quantitative estimate of drug-likeness (QED) is 0.882. The van der Waals surface area contributed by atoms with E-state index in [9.17, 15) is 4.79 Å². The van der Waals surface area contributed by atoms with Crippen LogP contribution in [0.25, 0.3) is 0 Å². The highest BCUT2D eigenvalue weighted by Gasteiger charge is 2.29. The Morgan fingerprint density at radius 1 is 1.33 bits per heavy atom. The van der Waals surface area contributed by atoms with Gasteiger partial charge in [-0.25, -0.2) is 0 Å². The van der Waals surface area contributed by atoms with Gasteiger partial charge in [-0.15, -0.1) is 12.4 Å². The Morgan fingerprint density at radius 2 is 1.96 bits per heavy atom. The standard InChI is InChI=1S/C19H30N2O2.ClH/c1-14(18(22)21-11-10-15(13-21)12-20-5)23-17-8-6-16(7-9-17)19(2,3)4;/h6-9,14-15,20H,10-13H2,1-5H3;1H. The molecule has 5 heteroatoms.